The van der Waals surface area contributed by atoms with Crippen LogP contribution in [0.4, 0.5) is 5.82 Å². The maximum absolute atomic E-state index is 11.3. The first-order valence-electron chi connectivity index (χ1n) is 8.14. The summed E-state index contributed by atoms with van der Waals surface area (Å²) in [5.74, 6) is -0.464. The molecular weight excluding hydrogens is 314 g/mol. The van der Waals surface area contributed by atoms with Crippen molar-refractivity contribution < 1.29 is 9.90 Å². The van der Waals surface area contributed by atoms with Gasteiger partial charge in [-0.1, -0.05) is 55.5 Å². The van der Waals surface area contributed by atoms with Crippen LogP contribution in [0.15, 0.2) is 60.9 Å². The van der Waals surface area contributed by atoms with E-state index >= 15 is 0 Å². The van der Waals surface area contributed by atoms with Crippen molar-refractivity contribution in [3.63, 3.8) is 0 Å². The van der Waals surface area contributed by atoms with Crippen LogP contribution in [0.2, 0.25) is 0 Å². The van der Waals surface area contributed by atoms with Gasteiger partial charge in [0.25, 0.3) is 0 Å². The molecule has 1 heterocycles. The quantitative estimate of drug-likeness (QED) is 0.713. The highest BCUT2D eigenvalue weighted by molar-refractivity contribution is 5.88. The van der Waals surface area contributed by atoms with E-state index in [1.54, 1.807) is 0 Å². The van der Waals surface area contributed by atoms with Crippen molar-refractivity contribution in [2.75, 3.05) is 5.32 Å². The van der Waals surface area contributed by atoms with Gasteiger partial charge in [0, 0.05) is 12.1 Å². The molecule has 1 aromatic heterocycles. The van der Waals surface area contributed by atoms with Gasteiger partial charge in [-0.15, -0.1) is 0 Å². The number of hydrogen-bond acceptors (Lipinski definition) is 4. The van der Waals surface area contributed by atoms with Crippen LogP contribution in [0.25, 0.3) is 11.1 Å². The average molecular weight is 333 g/mol. The zero-order chi connectivity index (χ0) is 17.6. The van der Waals surface area contributed by atoms with Gasteiger partial charge in [0.15, 0.2) is 5.69 Å². The maximum atomic E-state index is 11.3. The Morgan fingerprint density at radius 1 is 1.04 bits per heavy atom. The molecule has 3 rings (SSSR count). The van der Waals surface area contributed by atoms with Crippen LogP contribution >= 0.6 is 0 Å². The number of nitrogens with zero attached hydrogens (tertiary/aromatic N) is 2. The Morgan fingerprint density at radius 3 is 2.52 bits per heavy atom. The molecule has 0 saturated carbocycles. The Kier molecular flexibility index (Phi) is 5.04. The number of carboxylic acids is 1. The molecule has 126 valence electrons. The highest BCUT2D eigenvalue weighted by Crippen LogP contribution is 2.21. The summed E-state index contributed by atoms with van der Waals surface area (Å²) in [6.07, 6.45) is 1.83. The lowest BCUT2D eigenvalue weighted by atomic mass is 10.0. The van der Waals surface area contributed by atoms with Gasteiger partial charge in [-0.2, -0.15) is 0 Å². The highest BCUT2D eigenvalue weighted by atomic mass is 16.4. The monoisotopic (exact) mass is 333 g/mol. The van der Waals surface area contributed by atoms with Gasteiger partial charge in [-0.3, -0.25) is 0 Å². The lowest BCUT2D eigenvalue weighted by Gasteiger charge is -2.12. The summed E-state index contributed by atoms with van der Waals surface area (Å²) >= 11 is 0. The molecule has 0 radical (unpaired) electrons. The van der Waals surface area contributed by atoms with E-state index in [0.29, 0.717) is 24.3 Å². The number of carbonyl (C=O) groups is 1. The van der Waals surface area contributed by atoms with Crippen molar-refractivity contribution in [3.8, 4) is 11.1 Å². The highest BCUT2D eigenvalue weighted by Gasteiger charge is 2.15. The summed E-state index contributed by atoms with van der Waals surface area (Å²) in [5.41, 5.74) is 4.07. The number of rotatable bonds is 6. The molecule has 0 unspecified atom stereocenters. The Labute approximate surface area is 146 Å². The molecule has 3 aromatic rings. The number of nitrogens with one attached hydrogen (secondary N) is 1. The summed E-state index contributed by atoms with van der Waals surface area (Å²) in [6.45, 7) is 2.45. The van der Waals surface area contributed by atoms with Crippen LogP contribution in [-0.4, -0.2) is 21.0 Å². The van der Waals surface area contributed by atoms with E-state index in [1.807, 2.05) is 37.3 Å². The third-order valence-corrected chi connectivity index (χ3v) is 4.00. The third-order valence-electron chi connectivity index (χ3n) is 4.00. The minimum atomic E-state index is -1.03. The fraction of sp³-hybridized carbons (Fsp3) is 0.150. The Morgan fingerprint density at radius 2 is 1.80 bits per heavy atom. The van der Waals surface area contributed by atoms with Gasteiger partial charge in [0.1, 0.15) is 12.1 Å². The topological polar surface area (TPSA) is 75.1 Å². The van der Waals surface area contributed by atoms with Crippen molar-refractivity contribution in [3.05, 3.63) is 77.7 Å². The van der Waals surface area contributed by atoms with Gasteiger partial charge in [0.2, 0.25) is 0 Å². The van der Waals surface area contributed by atoms with Crippen LogP contribution in [0.5, 0.6) is 0 Å². The van der Waals surface area contributed by atoms with E-state index in [9.17, 15) is 9.90 Å². The second kappa shape index (κ2) is 7.57. The van der Waals surface area contributed by atoms with E-state index in [2.05, 4.69) is 39.6 Å². The van der Waals surface area contributed by atoms with Crippen LogP contribution < -0.4 is 5.32 Å². The zero-order valence-corrected chi connectivity index (χ0v) is 13.9. The Balaban J connectivity index is 1.81. The number of hydrogen-bond donors (Lipinski definition) is 2. The van der Waals surface area contributed by atoms with E-state index in [-0.39, 0.29) is 5.69 Å². The summed E-state index contributed by atoms with van der Waals surface area (Å²) in [7, 11) is 0. The van der Waals surface area contributed by atoms with Crippen molar-refractivity contribution in [1.82, 2.24) is 9.97 Å². The SMILES string of the molecule is CCc1c(NCc2cccc(-c3ccccc3)c2)ncnc1C(=O)O. The van der Waals surface area contributed by atoms with E-state index in [4.69, 9.17) is 0 Å². The smallest absolute Gasteiger partial charge is 0.354 e. The fourth-order valence-electron chi connectivity index (χ4n) is 2.76. The Hall–Kier alpha value is -3.21. The molecule has 25 heavy (non-hydrogen) atoms. The average Bonchev–Trinajstić information content (AvgIpc) is 2.66. The van der Waals surface area contributed by atoms with Crippen LogP contribution in [0.1, 0.15) is 28.5 Å². The fourth-order valence-corrected chi connectivity index (χ4v) is 2.76. The molecule has 0 bridgehead atoms. The predicted octanol–water partition coefficient (Wildman–Crippen LogP) is 4.02. The molecule has 5 nitrogen and oxygen atoms in total. The molecular formula is C20H19N3O2. The summed E-state index contributed by atoms with van der Waals surface area (Å²) in [5, 5.41) is 12.5. The van der Waals surface area contributed by atoms with E-state index in [0.717, 1.165) is 16.7 Å². The van der Waals surface area contributed by atoms with Crippen molar-refractivity contribution in [2.45, 2.75) is 19.9 Å². The molecule has 0 aliphatic rings. The van der Waals surface area contributed by atoms with Crippen molar-refractivity contribution >= 4 is 11.8 Å². The number of anilines is 1. The van der Waals surface area contributed by atoms with Crippen molar-refractivity contribution in [2.24, 2.45) is 0 Å². The first kappa shape index (κ1) is 16.6. The largest absolute Gasteiger partial charge is 0.476 e. The number of benzene rings is 2. The zero-order valence-electron chi connectivity index (χ0n) is 13.9. The molecule has 0 aliphatic heterocycles. The molecule has 0 atom stereocenters. The van der Waals surface area contributed by atoms with Gasteiger partial charge >= 0.3 is 5.97 Å². The van der Waals surface area contributed by atoms with Gasteiger partial charge in [0.05, 0.1) is 0 Å². The third kappa shape index (κ3) is 3.83. The summed E-state index contributed by atoms with van der Waals surface area (Å²) in [6, 6.07) is 18.4. The molecule has 2 aromatic carbocycles. The van der Waals surface area contributed by atoms with E-state index < -0.39 is 5.97 Å². The molecule has 0 aliphatic carbocycles. The molecule has 2 N–H and O–H groups in total. The normalized spacial score (nSPS) is 10.4. The maximum Gasteiger partial charge on any atom is 0.354 e. The van der Waals surface area contributed by atoms with Crippen LogP contribution in [0, 0.1) is 0 Å². The van der Waals surface area contributed by atoms with E-state index in [1.165, 1.54) is 6.33 Å². The van der Waals surface area contributed by atoms with Crippen molar-refractivity contribution in [1.29, 1.82) is 0 Å². The lowest BCUT2D eigenvalue weighted by molar-refractivity contribution is 0.0689. The number of aromatic carboxylic acids is 1. The van der Waals surface area contributed by atoms with Crippen LogP contribution in [0.3, 0.4) is 0 Å². The van der Waals surface area contributed by atoms with Crippen LogP contribution in [-0.2, 0) is 13.0 Å². The second-order valence-electron chi connectivity index (χ2n) is 5.63. The summed E-state index contributed by atoms with van der Waals surface area (Å²) in [4.78, 5) is 19.4. The first-order chi connectivity index (χ1) is 12.2. The lowest BCUT2D eigenvalue weighted by Crippen LogP contribution is -2.11. The molecule has 0 spiro atoms. The number of aromatic nitrogens is 2. The van der Waals surface area contributed by atoms with Gasteiger partial charge in [-0.05, 0) is 29.2 Å². The molecule has 5 heteroatoms. The minimum absolute atomic E-state index is 0.0537. The Bertz CT molecular complexity index is 879. The predicted molar refractivity (Wildman–Crippen MR) is 97.6 cm³/mol. The van der Waals surface area contributed by atoms with Gasteiger partial charge < -0.3 is 10.4 Å². The van der Waals surface area contributed by atoms with Gasteiger partial charge in [-0.25, -0.2) is 14.8 Å². The molecule has 0 fully saturated rings. The second-order valence-corrected chi connectivity index (χ2v) is 5.63. The summed E-state index contributed by atoms with van der Waals surface area (Å²) < 4.78 is 0. The first-order valence-corrected chi connectivity index (χ1v) is 8.14. The minimum Gasteiger partial charge on any atom is -0.476 e. The number of carboxylic acid groups (broad SMARTS) is 1. The standard InChI is InChI=1S/C20H19N3O2/c1-2-17-18(20(24)25)22-13-23-19(17)21-12-14-7-6-10-16(11-14)15-8-4-3-5-9-15/h3-11,13H,2,12H2,1H3,(H,24,25)(H,21,22,23). The molecule has 0 saturated heterocycles. The molecule has 0 amide bonds.